The minimum atomic E-state index is -3.26. The van der Waals surface area contributed by atoms with E-state index in [0.29, 0.717) is 18.8 Å². The van der Waals surface area contributed by atoms with E-state index in [-0.39, 0.29) is 24.0 Å². The fraction of sp³-hybridized carbons (Fsp3) is 0.333. The van der Waals surface area contributed by atoms with Crippen molar-refractivity contribution in [1.29, 1.82) is 0 Å². The van der Waals surface area contributed by atoms with E-state index in [0.717, 1.165) is 23.5 Å². The monoisotopic (exact) mass is 479 g/mol. The predicted molar refractivity (Wildman–Crippen MR) is 108 cm³/mol. The van der Waals surface area contributed by atoms with Crippen molar-refractivity contribution >= 4 is 45.6 Å². The van der Waals surface area contributed by atoms with Crippen molar-refractivity contribution in [2.24, 2.45) is 4.99 Å². The second-order valence-corrected chi connectivity index (χ2v) is 7.07. The summed E-state index contributed by atoms with van der Waals surface area (Å²) in [6.45, 7) is 1.14. The molecule has 1 aromatic heterocycles. The summed E-state index contributed by atoms with van der Waals surface area (Å²) in [4.78, 5) is 6.16. The zero-order chi connectivity index (χ0) is 17.6. The van der Waals surface area contributed by atoms with Crippen molar-refractivity contribution in [3.8, 4) is 0 Å². The highest BCUT2D eigenvalue weighted by molar-refractivity contribution is 14.0. The Hall–Kier alpha value is -1.82. The van der Waals surface area contributed by atoms with Gasteiger partial charge in [-0.3, -0.25) is 9.71 Å². The Labute approximate surface area is 164 Å². The lowest BCUT2D eigenvalue weighted by Crippen LogP contribution is -2.38. The van der Waals surface area contributed by atoms with E-state index in [1.165, 1.54) is 6.26 Å². The maximum absolute atomic E-state index is 11.2. The van der Waals surface area contributed by atoms with Gasteiger partial charge >= 0.3 is 0 Å². The number of aliphatic imine (C=N–C) groups is 1. The molecule has 0 unspecified atom stereocenters. The molecule has 8 nitrogen and oxygen atoms in total. The summed E-state index contributed by atoms with van der Waals surface area (Å²) in [5.41, 5.74) is 2.36. The fourth-order valence-electron chi connectivity index (χ4n) is 2.11. The number of nitrogens with zero attached hydrogens (tertiary/aromatic N) is 3. The van der Waals surface area contributed by atoms with Crippen molar-refractivity contribution in [3.63, 3.8) is 0 Å². The molecule has 0 radical (unpaired) electrons. The van der Waals surface area contributed by atoms with Crippen LogP contribution in [0.5, 0.6) is 0 Å². The molecule has 10 heteroatoms. The number of hydrogen-bond donors (Lipinski definition) is 2. The van der Waals surface area contributed by atoms with Crippen LogP contribution in [0.2, 0.25) is 0 Å². The van der Waals surface area contributed by atoms with Crippen LogP contribution < -0.4 is 10.0 Å². The van der Waals surface area contributed by atoms with Gasteiger partial charge < -0.3 is 14.7 Å². The van der Waals surface area contributed by atoms with Crippen LogP contribution in [0.4, 0.5) is 5.69 Å². The SMILES string of the molecule is CN=C(NCc1ccc(NS(C)(=O)=O)cc1)N(C)Cc1ccon1.I. The molecule has 0 atom stereocenters. The highest BCUT2D eigenvalue weighted by Gasteiger charge is 2.08. The third-order valence-corrected chi connectivity index (χ3v) is 3.78. The van der Waals surface area contributed by atoms with Crippen molar-refractivity contribution in [2.75, 3.05) is 25.1 Å². The van der Waals surface area contributed by atoms with Crippen LogP contribution in [0.15, 0.2) is 46.1 Å². The Morgan fingerprint density at radius 3 is 2.48 bits per heavy atom. The quantitative estimate of drug-likeness (QED) is 0.373. The van der Waals surface area contributed by atoms with Crippen molar-refractivity contribution in [3.05, 3.63) is 47.9 Å². The molecule has 0 fully saturated rings. The van der Waals surface area contributed by atoms with Gasteiger partial charge in [0.1, 0.15) is 12.0 Å². The molecule has 0 bridgehead atoms. The van der Waals surface area contributed by atoms with E-state index >= 15 is 0 Å². The van der Waals surface area contributed by atoms with E-state index in [1.807, 2.05) is 24.1 Å². The molecular weight excluding hydrogens is 457 g/mol. The highest BCUT2D eigenvalue weighted by atomic mass is 127. The van der Waals surface area contributed by atoms with Crippen LogP contribution in [-0.4, -0.2) is 44.8 Å². The number of anilines is 1. The van der Waals surface area contributed by atoms with Gasteiger partial charge in [-0.05, 0) is 17.7 Å². The van der Waals surface area contributed by atoms with Crippen molar-refractivity contribution < 1.29 is 12.9 Å². The lowest BCUT2D eigenvalue weighted by molar-refractivity contribution is 0.391. The van der Waals surface area contributed by atoms with Crippen molar-refractivity contribution in [2.45, 2.75) is 13.1 Å². The summed E-state index contributed by atoms with van der Waals surface area (Å²) in [5.74, 6) is 0.719. The minimum absolute atomic E-state index is 0. The van der Waals surface area contributed by atoms with E-state index in [1.54, 1.807) is 25.2 Å². The molecule has 2 rings (SSSR count). The first-order valence-corrected chi connectivity index (χ1v) is 9.14. The number of hydrogen-bond acceptors (Lipinski definition) is 5. The first kappa shape index (κ1) is 21.2. The Morgan fingerprint density at radius 2 is 1.96 bits per heavy atom. The van der Waals surface area contributed by atoms with Crippen LogP contribution in [0.1, 0.15) is 11.3 Å². The maximum Gasteiger partial charge on any atom is 0.229 e. The van der Waals surface area contributed by atoms with E-state index in [9.17, 15) is 8.42 Å². The van der Waals surface area contributed by atoms with Crippen LogP contribution in [0.25, 0.3) is 0 Å². The molecule has 138 valence electrons. The second kappa shape index (κ2) is 9.61. The van der Waals surface area contributed by atoms with E-state index in [4.69, 9.17) is 4.52 Å². The van der Waals surface area contributed by atoms with Crippen LogP contribution >= 0.6 is 24.0 Å². The van der Waals surface area contributed by atoms with Crippen LogP contribution in [-0.2, 0) is 23.1 Å². The molecule has 0 aliphatic heterocycles. The van der Waals surface area contributed by atoms with Gasteiger partial charge in [-0.1, -0.05) is 17.3 Å². The molecule has 0 aliphatic rings. The Bertz CT molecular complexity index is 776. The van der Waals surface area contributed by atoms with Crippen LogP contribution in [0, 0.1) is 0 Å². The third kappa shape index (κ3) is 7.30. The number of aromatic nitrogens is 1. The fourth-order valence-corrected chi connectivity index (χ4v) is 2.67. The number of nitrogens with one attached hydrogen (secondary N) is 2. The van der Waals surface area contributed by atoms with Gasteiger partial charge in [0, 0.05) is 32.4 Å². The number of halogens is 1. The van der Waals surface area contributed by atoms with Gasteiger partial charge in [0.2, 0.25) is 10.0 Å². The number of sulfonamides is 1. The van der Waals surface area contributed by atoms with Gasteiger partial charge in [-0.2, -0.15) is 0 Å². The zero-order valence-electron chi connectivity index (χ0n) is 14.3. The van der Waals surface area contributed by atoms with Crippen molar-refractivity contribution in [1.82, 2.24) is 15.4 Å². The Balaban J connectivity index is 0.00000312. The first-order valence-electron chi connectivity index (χ1n) is 7.25. The molecule has 25 heavy (non-hydrogen) atoms. The average molecular weight is 479 g/mol. The number of guanidine groups is 1. The average Bonchev–Trinajstić information content (AvgIpc) is 3.01. The van der Waals surface area contributed by atoms with Gasteiger partial charge in [0.05, 0.1) is 12.8 Å². The standard InChI is InChI=1S/C15H21N5O3S.HI/c1-16-15(20(2)11-14-8-9-23-18-14)17-10-12-4-6-13(7-5-12)19-24(3,21)22;/h4-9,19H,10-11H2,1-3H3,(H,16,17);1H. The Morgan fingerprint density at radius 1 is 1.28 bits per heavy atom. The molecule has 1 heterocycles. The molecular formula is C15H22IN5O3S. The summed E-state index contributed by atoms with van der Waals surface area (Å²) >= 11 is 0. The smallest absolute Gasteiger partial charge is 0.229 e. The first-order chi connectivity index (χ1) is 11.4. The summed E-state index contributed by atoms with van der Waals surface area (Å²) < 4.78 is 29.6. The predicted octanol–water partition coefficient (Wildman–Crippen LogP) is 1.87. The van der Waals surface area contributed by atoms with Gasteiger partial charge in [0.25, 0.3) is 0 Å². The summed E-state index contributed by atoms with van der Waals surface area (Å²) in [5, 5.41) is 7.12. The molecule has 0 amide bonds. The van der Waals surface area contributed by atoms with E-state index in [2.05, 4.69) is 20.2 Å². The maximum atomic E-state index is 11.2. The van der Waals surface area contributed by atoms with Gasteiger partial charge in [-0.15, -0.1) is 24.0 Å². The Kier molecular flexibility index (Phi) is 8.16. The number of benzene rings is 1. The molecule has 0 spiro atoms. The largest absolute Gasteiger partial charge is 0.364 e. The third-order valence-electron chi connectivity index (χ3n) is 3.17. The van der Waals surface area contributed by atoms with Gasteiger partial charge in [-0.25, -0.2) is 8.42 Å². The zero-order valence-corrected chi connectivity index (χ0v) is 17.4. The molecule has 2 N–H and O–H groups in total. The lowest BCUT2D eigenvalue weighted by atomic mass is 10.2. The van der Waals surface area contributed by atoms with Gasteiger partial charge in [0.15, 0.2) is 5.96 Å². The summed E-state index contributed by atoms with van der Waals surface area (Å²) in [6.07, 6.45) is 2.66. The second-order valence-electron chi connectivity index (χ2n) is 5.32. The molecule has 0 aliphatic carbocycles. The topological polar surface area (TPSA) is 99.8 Å². The molecule has 1 aromatic carbocycles. The molecule has 0 saturated carbocycles. The summed E-state index contributed by atoms with van der Waals surface area (Å²) in [7, 11) is 0.354. The normalized spacial score (nSPS) is 11.6. The number of rotatable bonds is 6. The van der Waals surface area contributed by atoms with Crippen LogP contribution in [0.3, 0.4) is 0 Å². The minimum Gasteiger partial charge on any atom is -0.364 e. The van der Waals surface area contributed by atoms with E-state index < -0.39 is 10.0 Å². The highest BCUT2D eigenvalue weighted by Crippen LogP contribution is 2.11. The molecule has 2 aromatic rings. The summed E-state index contributed by atoms with van der Waals surface area (Å²) in [6, 6.07) is 8.95. The lowest BCUT2D eigenvalue weighted by Gasteiger charge is -2.21. The molecule has 0 saturated heterocycles.